The second-order valence-electron chi connectivity index (χ2n) is 8.21. The summed E-state index contributed by atoms with van der Waals surface area (Å²) in [5.74, 6) is 2.24. The SMILES string of the molecule is OCc1nc2c(C#Cc3cc(F)c(F)cc3F)[nH]nc2nc1N1CCC2(CCOC2)CC1. The van der Waals surface area contributed by atoms with Gasteiger partial charge in [-0.25, -0.2) is 23.1 Å². The van der Waals surface area contributed by atoms with Crippen LogP contribution in [-0.2, 0) is 11.3 Å². The van der Waals surface area contributed by atoms with Crippen molar-refractivity contribution in [2.24, 2.45) is 5.41 Å². The predicted octanol–water partition coefficient (Wildman–Crippen LogP) is 2.67. The fourth-order valence-electron chi connectivity index (χ4n) is 4.29. The number of fused-ring (bicyclic) bond motifs is 1. The van der Waals surface area contributed by atoms with E-state index in [0.29, 0.717) is 34.8 Å². The molecule has 7 nitrogen and oxygen atoms in total. The molecule has 2 fully saturated rings. The Bertz CT molecular complexity index is 1230. The van der Waals surface area contributed by atoms with Crippen molar-refractivity contribution in [3.63, 3.8) is 0 Å². The largest absolute Gasteiger partial charge is 0.390 e. The van der Waals surface area contributed by atoms with Gasteiger partial charge < -0.3 is 14.7 Å². The van der Waals surface area contributed by atoms with Crippen molar-refractivity contribution in [3.8, 4) is 11.8 Å². The normalized spacial score (nSPS) is 17.7. The maximum Gasteiger partial charge on any atom is 0.202 e. The van der Waals surface area contributed by atoms with Crippen molar-refractivity contribution in [2.75, 3.05) is 31.2 Å². The third-order valence-electron chi connectivity index (χ3n) is 6.23. The van der Waals surface area contributed by atoms with Crippen LogP contribution in [0.3, 0.4) is 0 Å². The lowest BCUT2D eigenvalue weighted by Crippen LogP contribution is -2.41. The Kier molecular flexibility index (Phi) is 5.23. The van der Waals surface area contributed by atoms with E-state index in [1.54, 1.807) is 0 Å². The average molecular weight is 443 g/mol. The Morgan fingerprint density at radius 1 is 1.06 bits per heavy atom. The van der Waals surface area contributed by atoms with E-state index in [-0.39, 0.29) is 23.3 Å². The summed E-state index contributed by atoms with van der Waals surface area (Å²) in [7, 11) is 0. The van der Waals surface area contributed by atoms with Crippen LogP contribution < -0.4 is 4.90 Å². The molecule has 0 bridgehead atoms. The van der Waals surface area contributed by atoms with Crippen LogP contribution in [0.2, 0.25) is 0 Å². The van der Waals surface area contributed by atoms with Gasteiger partial charge >= 0.3 is 0 Å². The van der Waals surface area contributed by atoms with Crippen LogP contribution in [0.5, 0.6) is 0 Å². The Morgan fingerprint density at radius 2 is 1.84 bits per heavy atom. The minimum atomic E-state index is -1.28. The first-order valence-electron chi connectivity index (χ1n) is 10.3. The van der Waals surface area contributed by atoms with Gasteiger partial charge in [0.05, 0.1) is 18.8 Å². The number of aromatic nitrogens is 4. The number of benzene rings is 1. The molecule has 0 unspecified atom stereocenters. The molecule has 0 radical (unpaired) electrons. The maximum atomic E-state index is 13.9. The second kappa shape index (κ2) is 8.07. The van der Waals surface area contributed by atoms with Crippen molar-refractivity contribution in [2.45, 2.75) is 25.9 Å². The lowest BCUT2D eigenvalue weighted by atomic mass is 9.78. The number of ether oxygens (including phenoxy) is 1. The van der Waals surface area contributed by atoms with E-state index in [0.717, 1.165) is 45.6 Å². The lowest BCUT2D eigenvalue weighted by molar-refractivity contribution is 0.133. The van der Waals surface area contributed by atoms with E-state index in [9.17, 15) is 18.3 Å². The molecule has 2 aliphatic heterocycles. The maximum absolute atomic E-state index is 13.9. The van der Waals surface area contributed by atoms with Gasteiger partial charge in [0.2, 0.25) is 5.65 Å². The van der Waals surface area contributed by atoms with E-state index in [1.807, 2.05) is 0 Å². The molecule has 0 aliphatic carbocycles. The number of nitrogens with zero attached hydrogens (tertiary/aromatic N) is 4. The summed E-state index contributed by atoms with van der Waals surface area (Å²) in [6.07, 6.45) is 3.03. The van der Waals surface area contributed by atoms with Gasteiger partial charge in [0.15, 0.2) is 17.5 Å². The molecule has 2 N–H and O–H groups in total. The fraction of sp³-hybridized carbons (Fsp3) is 0.409. The first-order chi connectivity index (χ1) is 15.5. The summed E-state index contributed by atoms with van der Waals surface area (Å²) in [6.45, 7) is 2.84. The molecule has 10 heteroatoms. The van der Waals surface area contributed by atoms with Crippen molar-refractivity contribution in [3.05, 3.63) is 46.5 Å². The third kappa shape index (κ3) is 3.67. The monoisotopic (exact) mass is 443 g/mol. The van der Waals surface area contributed by atoms with Crippen LogP contribution in [0.15, 0.2) is 12.1 Å². The average Bonchev–Trinajstić information content (AvgIpc) is 3.42. The minimum absolute atomic E-state index is 0.234. The van der Waals surface area contributed by atoms with Crippen LogP contribution in [0, 0.1) is 34.7 Å². The minimum Gasteiger partial charge on any atom is -0.390 e. The summed E-state index contributed by atoms with van der Waals surface area (Å²) < 4.78 is 45.9. The van der Waals surface area contributed by atoms with Crippen molar-refractivity contribution < 1.29 is 23.0 Å². The molecular formula is C22H20F3N5O2. The molecule has 1 spiro atoms. The number of hydrogen-bond donors (Lipinski definition) is 2. The number of piperidine rings is 1. The molecule has 166 valence electrons. The van der Waals surface area contributed by atoms with Crippen LogP contribution in [0.4, 0.5) is 19.0 Å². The fourth-order valence-corrected chi connectivity index (χ4v) is 4.29. The van der Waals surface area contributed by atoms with E-state index >= 15 is 0 Å². The van der Waals surface area contributed by atoms with Crippen LogP contribution in [0.1, 0.15) is 36.2 Å². The Balaban J connectivity index is 1.44. The van der Waals surface area contributed by atoms with Gasteiger partial charge in [-0.15, -0.1) is 0 Å². The van der Waals surface area contributed by atoms with Gasteiger partial charge in [0.1, 0.15) is 22.7 Å². The summed E-state index contributed by atoms with van der Waals surface area (Å²) in [5, 5.41) is 16.7. The van der Waals surface area contributed by atoms with Gasteiger partial charge in [-0.1, -0.05) is 5.92 Å². The highest BCUT2D eigenvalue weighted by atomic mass is 19.2. The van der Waals surface area contributed by atoms with E-state index in [2.05, 4.69) is 36.9 Å². The molecule has 0 saturated carbocycles. The van der Waals surface area contributed by atoms with Gasteiger partial charge in [-0.05, 0) is 36.7 Å². The van der Waals surface area contributed by atoms with Gasteiger partial charge in [-0.2, -0.15) is 5.10 Å². The highest BCUT2D eigenvalue weighted by Gasteiger charge is 2.38. The first-order valence-corrected chi connectivity index (χ1v) is 10.3. The van der Waals surface area contributed by atoms with Crippen molar-refractivity contribution >= 4 is 17.0 Å². The number of hydrogen-bond acceptors (Lipinski definition) is 6. The number of anilines is 1. The van der Waals surface area contributed by atoms with Crippen molar-refractivity contribution in [1.29, 1.82) is 0 Å². The van der Waals surface area contributed by atoms with Crippen LogP contribution >= 0.6 is 0 Å². The van der Waals surface area contributed by atoms with Gasteiger partial charge in [-0.3, -0.25) is 5.10 Å². The highest BCUT2D eigenvalue weighted by molar-refractivity contribution is 5.78. The van der Waals surface area contributed by atoms with E-state index < -0.39 is 17.5 Å². The third-order valence-corrected chi connectivity index (χ3v) is 6.23. The molecule has 2 aliphatic rings. The zero-order valence-corrected chi connectivity index (χ0v) is 17.1. The number of aromatic amines is 1. The summed E-state index contributed by atoms with van der Waals surface area (Å²) in [5.41, 5.74) is 1.18. The van der Waals surface area contributed by atoms with E-state index in [1.165, 1.54) is 0 Å². The summed E-state index contributed by atoms with van der Waals surface area (Å²) >= 11 is 0. The zero-order chi connectivity index (χ0) is 22.3. The smallest absolute Gasteiger partial charge is 0.202 e. The second-order valence-corrected chi connectivity index (χ2v) is 8.21. The molecule has 32 heavy (non-hydrogen) atoms. The summed E-state index contributed by atoms with van der Waals surface area (Å²) in [6, 6.07) is 1.14. The Morgan fingerprint density at radius 3 is 2.56 bits per heavy atom. The standard InChI is InChI=1S/C22H20F3N5O2/c23-14-10-16(25)15(24)9-13(14)1-2-17-19-20(29-28-17)27-21(18(11-31)26-19)30-6-3-22(4-7-30)5-8-32-12-22/h9-10,31H,3-8,11-12H2,(H,27,28,29). The molecule has 2 saturated heterocycles. The highest BCUT2D eigenvalue weighted by Crippen LogP contribution is 2.40. The molecular weight excluding hydrogens is 423 g/mol. The zero-order valence-electron chi connectivity index (χ0n) is 17.1. The Labute approximate surface area is 181 Å². The number of H-pyrrole nitrogens is 1. The number of nitrogens with one attached hydrogen (secondary N) is 1. The predicted molar refractivity (Wildman–Crippen MR) is 109 cm³/mol. The number of halogens is 3. The Hall–Kier alpha value is -3.16. The van der Waals surface area contributed by atoms with E-state index in [4.69, 9.17) is 4.74 Å². The molecule has 0 atom stereocenters. The number of rotatable bonds is 2. The molecule has 4 heterocycles. The molecule has 3 aromatic rings. The molecule has 0 amide bonds. The topological polar surface area (TPSA) is 87.2 Å². The van der Waals surface area contributed by atoms with Crippen LogP contribution in [-0.4, -0.2) is 51.6 Å². The summed E-state index contributed by atoms with van der Waals surface area (Å²) in [4.78, 5) is 11.2. The van der Waals surface area contributed by atoms with Crippen LogP contribution in [0.25, 0.3) is 11.2 Å². The molecule has 2 aromatic heterocycles. The number of aliphatic hydroxyl groups excluding tert-OH is 1. The quantitative estimate of drug-likeness (QED) is 0.468. The molecule has 5 rings (SSSR count). The van der Waals surface area contributed by atoms with Gasteiger partial charge in [0.25, 0.3) is 0 Å². The van der Waals surface area contributed by atoms with Crippen molar-refractivity contribution in [1.82, 2.24) is 20.2 Å². The van der Waals surface area contributed by atoms with Gasteiger partial charge in [0, 0.05) is 25.8 Å². The first kappa shape index (κ1) is 20.7. The molecule has 1 aromatic carbocycles. The lowest BCUT2D eigenvalue weighted by Gasteiger charge is -2.39. The number of aliphatic hydroxyl groups is 1.